The lowest BCUT2D eigenvalue weighted by Gasteiger charge is -2.05. The third-order valence-corrected chi connectivity index (χ3v) is 4.07. The molecule has 104 valence electrons. The van der Waals surface area contributed by atoms with Crippen LogP contribution in [0.1, 0.15) is 22.9 Å². The first kappa shape index (κ1) is 12.4. The van der Waals surface area contributed by atoms with Gasteiger partial charge in [0.05, 0.1) is 5.71 Å². The number of aliphatic imine (C=N–C) groups is 1. The van der Waals surface area contributed by atoms with E-state index in [1.807, 2.05) is 12.1 Å². The van der Waals surface area contributed by atoms with E-state index in [1.54, 1.807) is 7.11 Å². The van der Waals surface area contributed by atoms with Crippen LogP contribution in [0.25, 0.3) is 10.9 Å². The standard InChI is InChI=1S/C18H16N2O/c1-21-18-15-8-3-2-7-14(15)17(20-18)10-12-11-19-16-9-5-4-6-13(12)16/h2-9,11,18-19H,10H2,1H3. The SMILES string of the molecule is COC1N=C(Cc2c[nH]c3ccccc23)c2ccccc21. The molecule has 0 radical (unpaired) electrons. The number of fused-ring (bicyclic) bond motifs is 2. The van der Waals surface area contributed by atoms with Crippen LogP contribution in [0.4, 0.5) is 0 Å². The smallest absolute Gasteiger partial charge is 0.174 e. The van der Waals surface area contributed by atoms with Crippen LogP contribution < -0.4 is 0 Å². The number of para-hydroxylation sites is 1. The summed E-state index contributed by atoms with van der Waals surface area (Å²) in [5.74, 6) is 0. The highest BCUT2D eigenvalue weighted by atomic mass is 16.5. The first-order valence-corrected chi connectivity index (χ1v) is 7.10. The predicted molar refractivity (Wildman–Crippen MR) is 84.7 cm³/mol. The molecule has 1 unspecified atom stereocenters. The molecular weight excluding hydrogens is 260 g/mol. The Morgan fingerprint density at radius 1 is 1.10 bits per heavy atom. The molecule has 1 aliphatic rings. The van der Waals surface area contributed by atoms with Gasteiger partial charge in [0, 0.05) is 41.8 Å². The first-order valence-electron chi connectivity index (χ1n) is 7.10. The van der Waals surface area contributed by atoms with Crippen molar-refractivity contribution < 1.29 is 4.74 Å². The van der Waals surface area contributed by atoms with E-state index >= 15 is 0 Å². The van der Waals surface area contributed by atoms with E-state index in [9.17, 15) is 0 Å². The van der Waals surface area contributed by atoms with Crippen LogP contribution in [0, 0.1) is 0 Å². The highest BCUT2D eigenvalue weighted by Gasteiger charge is 2.24. The number of H-pyrrole nitrogens is 1. The minimum Gasteiger partial charge on any atom is -0.361 e. The summed E-state index contributed by atoms with van der Waals surface area (Å²) in [5, 5.41) is 1.26. The van der Waals surface area contributed by atoms with Crippen LogP contribution in [-0.4, -0.2) is 17.8 Å². The molecule has 3 heteroatoms. The minimum atomic E-state index is -0.165. The van der Waals surface area contributed by atoms with E-state index in [4.69, 9.17) is 9.73 Å². The number of hydrogen-bond donors (Lipinski definition) is 1. The maximum Gasteiger partial charge on any atom is 0.174 e. The molecule has 0 fully saturated rings. The molecule has 1 aromatic heterocycles. The average molecular weight is 276 g/mol. The van der Waals surface area contributed by atoms with Gasteiger partial charge in [-0.15, -0.1) is 0 Å². The van der Waals surface area contributed by atoms with Crippen LogP contribution in [0.15, 0.2) is 59.7 Å². The normalized spacial score (nSPS) is 17.0. The van der Waals surface area contributed by atoms with E-state index in [0.29, 0.717) is 0 Å². The highest BCUT2D eigenvalue weighted by Crippen LogP contribution is 2.31. The predicted octanol–water partition coefficient (Wildman–Crippen LogP) is 3.86. The number of rotatable bonds is 3. The Balaban J connectivity index is 1.75. The molecular formula is C18H16N2O. The second-order valence-corrected chi connectivity index (χ2v) is 5.29. The second-order valence-electron chi connectivity index (χ2n) is 5.29. The van der Waals surface area contributed by atoms with Crippen molar-refractivity contribution in [3.63, 3.8) is 0 Å². The minimum absolute atomic E-state index is 0.165. The quantitative estimate of drug-likeness (QED) is 0.775. The lowest BCUT2D eigenvalue weighted by atomic mass is 9.99. The topological polar surface area (TPSA) is 37.4 Å². The number of benzene rings is 2. The zero-order valence-electron chi connectivity index (χ0n) is 11.8. The first-order chi connectivity index (χ1) is 10.4. The molecule has 1 N–H and O–H groups in total. The van der Waals surface area contributed by atoms with E-state index in [0.717, 1.165) is 17.7 Å². The van der Waals surface area contributed by atoms with Crippen molar-refractivity contribution in [3.8, 4) is 0 Å². The van der Waals surface area contributed by atoms with Crippen molar-refractivity contribution >= 4 is 16.6 Å². The summed E-state index contributed by atoms with van der Waals surface area (Å²) in [6.45, 7) is 0. The van der Waals surface area contributed by atoms with Gasteiger partial charge in [0.1, 0.15) is 0 Å². The summed E-state index contributed by atoms with van der Waals surface area (Å²) >= 11 is 0. The van der Waals surface area contributed by atoms with Gasteiger partial charge in [0.25, 0.3) is 0 Å². The molecule has 0 amide bonds. The van der Waals surface area contributed by atoms with Gasteiger partial charge in [-0.05, 0) is 11.6 Å². The molecule has 4 rings (SSSR count). The molecule has 0 saturated carbocycles. The maximum atomic E-state index is 5.48. The maximum absolute atomic E-state index is 5.48. The molecule has 21 heavy (non-hydrogen) atoms. The van der Waals surface area contributed by atoms with E-state index < -0.39 is 0 Å². The molecule has 3 nitrogen and oxygen atoms in total. The zero-order valence-corrected chi connectivity index (χ0v) is 11.8. The lowest BCUT2D eigenvalue weighted by Crippen LogP contribution is -2.02. The van der Waals surface area contributed by atoms with Gasteiger partial charge in [0.15, 0.2) is 6.23 Å². The third-order valence-electron chi connectivity index (χ3n) is 4.07. The van der Waals surface area contributed by atoms with Crippen molar-refractivity contribution in [3.05, 3.63) is 71.4 Å². The van der Waals surface area contributed by atoms with Crippen molar-refractivity contribution in [2.45, 2.75) is 12.6 Å². The number of methoxy groups -OCH3 is 1. The van der Waals surface area contributed by atoms with E-state index in [-0.39, 0.29) is 6.23 Å². The molecule has 0 bridgehead atoms. The molecule has 3 aromatic rings. The number of ether oxygens (including phenoxy) is 1. The Bertz CT molecular complexity index is 832. The summed E-state index contributed by atoms with van der Waals surface area (Å²) in [5.41, 5.74) is 5.91. The highest BCUT2D eigenvalue weighted by molar-refractivity contribution is 6.06. The monoisotopic (exact) mass is 276 g/mol. The van der Waals surface area contributed by atoms with Crippen LogP contribution in [0.3, 0.4) is 0 Å². The molecule has 2 heterocycles. The van der Waals surface area contributed by atoms with Crippen molar-refractivity contribution in [2.24, 2.45) is 4.99 Å². The lowest BCUT2D eigenvalue weighted by molar-refractivity contribution is 0.114. The van der Waals surface area contributed by atoms with Gasteiger partial charge in [-0.2, -0.15) is 0 Å². The third kappa shape index (κ3) is 1.98. The summed E-state index contributed by atoms with van der Waals surface area (Å²) in [4.78, 5) is 8.06. The van der Waals surface area contributed by atoms with Gasteiger partial charge in [-0.3, -0.25) is 4.99 Å². The number of nitrogens with zero attached hydrogens (tertiary/aromatic N) is 1. The number of hydrogen-bond acceptors (Lipinski definition) is 2. The van der Waals surface area contributed by atoms with Gasteiger partial charge < -0.3 is 9.72 Å². The molecule has 1 atom stereocenters. The second kappa shape index (κ2) is 4.86. The molecule has 0 aliphatic carbocycles. The van der Waals surface area contributed by atoms with Crippen molar-refractivity contribution in [1.82, 2.24) is 4.98 Å². The van der Waals surface area contributed by atoms with Gasteiger partial charge in [0.2, 0.25) is 0 Å². The number of nitrogens with one attached hydrogen (secondary N) is 1. The van der Waals surface area contributed by atoms with Gasteiger partial charge in [-0.25, -0.2) is 0 Å². The zero-order chi connectivity index (χ0) is 14.2. The Morgan fingerprint density at radius 3 is 2.81 bits per heavy atom. The van der Waals surface area contributed by atoms with Crippen LogP contribution in [0.5, 0.6) is 0 Å². The Morgan fingerprint density at radius 2 is 1.90 bits per heavy atom. The van der Waals surface area contributed by atoms with Crippen LogP contribution >= 0.6 is 0 Å². The molecule has 1 aliphatic heterocycles. The van der Waals surface area contributed by atoms with E-state index in [1.165, 1.54) is 22.0 Å². The summed E-state index contributed by atoms with van der Waals surface area (Å²) in [6.07, 6.45) is 2.73. The number of aromatic nitrogens is 1. The summed E-state index contributed by atoms with van der Waals surface area (Å²) in [6, 6.07) is 16.7. The number of aromatic amines is 1. The van der Waals surface area contributed by atoms with E-state index in [2.05, 4.69) is 47.6 Å². The van der Waals surface area contributed by atoms with Gasteiger partial charge >= 0.3 is 0 Å². The Labute approximate surface area is 123 Å². The summed E-state index contributed by atoms with van der Waals surface area (Å²) in [7, 11) is 1.71. The average Bonchev–Trinajstić information content (AvgIpc) is 3.10. The fourth-order valence-electron chi connectivity index (χ4n) is 3.03. The van der Waals surface area contributed by atoms with Crippen molar-refractivity contribution in [1.29, 1.82) is 0 Å². The van der Waals surface area contributed by atoms with Crippen molar-refractivity contribution in [2.75, 3.05) is 7.11 Å². The Kier molecular flexibility index (Phi) is 2.86. The largest absolute Gasteiger partial charge is 0.361 e. The van der Waals surface area contributed by atoms with Crippen LogP contribution in [-0.2, 0) is 11.2 Å². The summed E-state index contributed by atoms with van der Waals surface area (Å²) < 4.78 is 5.48. The molecule has 2 aromatic carbocycles. The van der Waals surface area contributed by atoms with Crippen LogP contribution in [0.2, 0.25) is 0 Å². The fourth-order valence-corrected chi connectivity index (χ4v) is 3.03. The Hall–Kier alpha value is -2.39. The van der Waals surface area contributed by atoms with Gasteiger partial charge in [-0.1, -0.05) is 42.5 Å². The molecule has 0 spiro atoms. The fraction of sp³-hybridized carbons (Fsp3) is 0.167. The molecule has 0 saturated heterocycles.